The highest BCUT2D eigenvalue weighted by Gasteiger charge is 2.48. The summed E-state index contributed by atoms with van der Waals surface area (Å²) in [5.41, 5.74) is 31.9. The summed E-state index contributed by atoms with van der Waals surface area (Å²) in [7, 11) is 0. The summed E-state index contributed by atoms with van der Waals surface area (Å²) in [5.74, 6) is 0. The van der Waals surface area contributed by atoms with Crippen molar-refractivity contribution in [3.63, 3.8) is 0 Å². The molecule has 4 heterocycles. The smallest absolute Gasteiger partial charge is 0.143 e. The Morgan fingerprint density at radius 3 is 1.02 bits per heavy atom. The molecule has 0 radical (unpaired) electrons. The summed E-state index contributed by atoms with van der Waals surface area (Å²) in [6.07, 6.45) is 0. The Hall–Kier alpha value is -14.4. The average molecular weight is 1540 g/mol. The molecule has 0 spiro atoms. The zero-order chi connectivity index (χ0) is 78.2. The molecule has 0 saturated carbocycles. The number of hydrogen-bond donors (Lipinski definition) is 0. The summed E-state index contributed by atoms with van der Waals surface area (Å²) >= 11 is 3.83. The zero-order valence-corrected chi connectivity index (χ0v) is 66.4. The van der Waals surface area contributed by atoms with Gasteiger partial charge in [0.15, 0.2) is 0 Å². The molecule has 6 heteroatoms. The topological polar surface area (TPSA) is 32.8 Å². The normalized spacial score (nSPS) is 13.0. The van der Waals surface area contributed by atoms with E-state index in [0.717, 1.165) is 100 Å². The average Bonchev–Trinajstić information content (AvgIpc) is 1.52. The number of benzene rings is 18. The van der Waals surface area contributed by atoms with Gasteiger partial charge in [-0.25, -0.2) is 0 Å². The monoisotopic (exact) mass is 1540 g/mol. The van der Waals surface area contributed by atoms with Gasteiger partial charge >= 0.3 is 0 Å². The van der Waals surface area contributed by atoms with E-state index in [9.17, 15) is 0 Å². The first kappa shape index (κ1) is 69.1. The molecule has 0 atom stereocenters. The van der Waals surface area contributed by atoms with Crippen LogP contribution in [0.1, 0.15) is 47.2 Å². The number of nitrogens with zero attached hydrogens (tertiary/aromatic N) is 2. The standard InChI is InChI=1S/C61H39NOS.C51H35NOS/c1-4-15-40(16-5-1)41-27-31-45(32-28-41)62(46-33-29-42(30-34-46)48-23-14-24-51-49-21-10-12-25-56(49)63-59(48)51)47-35-36-53-55(39-47)61(43-17-6-2-7-18-43,44-19-8-3-9-20-44)54-38-37-52-50-22-11-13-26-57(50)64-60(52)58(53)54;1-51(2)44-30-29-42-40-14-7-9-18-47(40)54-50(42)48(44)43-28-27-37(31-45(43)51)52(35-23-19-33(20-24-35)32-11-4-3-5-12-32)36-25-21-34(22-26-36)38-15-10-16-41-39-13-6-8-17-46(39)53-49(38)41/h1-39H;3-31H,1-2H3. The van der Waals surface area contributed by atoms with E-state index in [4.69, 9.17) is 8.83 Å². The molecule has 24 rings (SSSR count). The lowest BCUT2D eigenvalue weighted by molar-refractivity contribution is 0.661. The number of furan rings is 2. The first-order valence-electron chi connectivity index (χ1n) is 40.5. The van der Waals surface area contributed by atoms with Crippen molar-refractivity contribution < 1.29 is 8.83 Å². The summed E-state index contributed by atoms with van der Waals surface area (Å²) in [6, 6.07) is 150. The van der Waals surface area contributed by atoms with Crippen LogP contribution < -0.4 is 9.80 Å². The molecule has 556 valence electrons. The fourth-order valence-electron chi connectivity index (χ4n) is 19.3. The molecule has 0 aliphatic heterocycles. The van der Waals surface area contributed by atoms with Gasteiger partial charge in [0.2, 0.25) is 0 Å². The van der Waals surface area contributed by atoms with E-state index < -0.39 is 5.41 Å². The fourth-order valence-corrected chi connectivity index (χ4v) is 21.8. The quantitative estimate of drug-likeness (QED) is 0.122. The van der Waals surface area contributed by atoms with Crippen LogP contribution in [0.3, 0.4) is 0 Å². The Morgan fingerprint density at radius 2 is 0.568 bits per heavy atom. The Bertz CT molecular complexity index is 7630. The number of thiophene rings is 2. The minimum atomic E-state index is -0.564. The third-order valence-electron chi connectivity index (χ3n) is 24.9. The van der Waals surface area contributed by atoms with Gasteiger partial charge in [-0.1, -0.05) is 329 Å². The van der Waals surface area contributed by atoms with Crippen molar-refractivity contribution in [3.8, 4) is 66.8 Å². The van der Waals surface area contributed by atoms with Crippen molar-refractivity contribution in [1.29, 1.82) is 0 Å². The molecular weight excluding hydrogens is 1470 g/mol. The highest BCUT2D eigenvalue weighted by atomic mass is 32.1. The summed E-state index contributed by atoms with van der Waals surface area (Å²) in [6.45, 7) is 4.76. The number of hydrogen-bond acceptors (Lipinski definition) is 6. The van der Waals surface area contributed by atoms with E-state index in [0.29, 0.717) is 0 Å². The van der Waals surface area contributed by atoms with Crippen LogP contribution in [0.2, 0.25) is 0 Å². The predicted octanol–water partition coefficient (Wildman–Crippen LogP) is 32.2. The molecule has 2 aliphatic carbocycles. The number of rotatable bonds is 12. The molecule has 0 fully saturated rings. The van der Waals surface area contributed by atoms with Crippen molar-refractivity contribution >= 4 is 141 Å². The van der Waals surface area contributed by atoms with Crippen molar-refractivity contribution in [2.24, 2.45) is 0 Å². The second kappa shape index (κ2) is 27.7. The number of para-hydroxylation sites is 4. The molecule has 0 N–H and O–H groups in total. The summed E-state index contributed by atoms with van der Waals surface area (Å²) in [4.78, 5) is 4.81. The SMILES string of the molecule is CC1(C)c2cc(N(c3ccc(-c4ccccc4)cc3)c3ccc(-c4cccc5c4oc4ccccc45)cc3)ccc2-c2c1ccc1c2sc2ccccc21.c1ccc(-c2ccc(N(c3ccc(-c4cccc5c4oc4ccccc45)cc3)c3ccc4c(c3)C(c3ccccc3)(c3ccccc3)c3ccc5c(sc6ccccc65)c3-4)cc2)cc1. The van der Waals surface area contributed by atoms with Crippen LogP contribution in [-0.4, -0.2) is 0 Å². The van der Waals surface area contributed by atoms with E-state index in [1.165, 1.54) is 118 Å². The first-order valence-corrected chi connectivity index (χ1v) is 42.1. The van der Waals surface area contributed by atoms with Crippen LogP contribution in [0.5, 0.6) is 0 Å². The fraction of sp³-hybridized carbons (Fsp3) is 0.0357. The van der Waals surface area contributed by atoms with Gasteiger partial charge in [0.1, 0.15) is 22.3 Å². The molecule has 0 bridgehead atoms. The molecule has 0 amide bonds. The Kier molecular flexibility index (Phi) is 16.2. The maximum atomic E-state index is 6.50. The van der Waals surface area contributed by atoms with Gasteiger partial charge in [0.05, 0.1) is 5.41 Å². The molecular formula is C112H74N2O2S2. The maximum Gasteiger partial charge on any atom is 0.143 e. The van der Waals surface area contributed by atoms with Gasteiger partial charge in [0.25, 0.3) is 0 Å². The van der Waals surface area contributed by atoms with Crippen molar-refractivity contribution in [1.82, 2.24) is 0 Å². The molecule has 0 unspecified atom stereocenters. The molecule has 118 heavy (non-hydrogen) atoms. The maximum absolute atomic E-state index is 6.50. The van der Waals surface area contributed by atoms with Crippen LogP contribution in [0.4, 0.5) is 34.1 Å². The van der Waals surface area contributed by atoms with Crippen molar-refractivity contribution in [2.45, 2.75) is 24.7 Å². The van der Waals surface area contributed by atoms with Crippen molar-refractivity contribution in [2.75, 3.05) is 9.80 Å². The summed E-state index contributed by atoms with van der Waals surface area (Å²) in [5, 5.41) is 9.86. The second-order valence-electron chi connectivity index (χ2n) is 31.6. The van der Waals surface area contributed by atoms with Crippen LogP contribution in [0.25, 0.3) is 151 Å². The lowest BCUT2D eigenvalue weighted by Gasteiger charge is -2.35. The van der Waals surface area contributed by atoms with Crippen molar-refractivity contribution in [3.05, 3.63) is 446 Å². The number of anilines is 6. The minimum Gasteiger partial charge on any atom is -0.455 e. The van der Waals surface area contributed by atoms with Gasteiger partial charge < -0.3 is 18.6 Å². The van der Waals surface area contributed by atoms with Gasteiger partial charge in [-0.3, -0.25) is 0 Å². The Morgan fingerprint density at radius 1 is 0.229 bits per heavy atom. The van der Waals surface area contributed by atoms with Gasteiger partial charge in [0, 0.05) is 124 Å². The minimum absolute atomic E-state index is 0.150. The largest absolute Gasteiger partial charge is 0.455 e. The Balaban J connectivity index is 0.000000140. The highest BCUT2D eigenvalue weighted by molar-refractivity contribution is 7.26. The van der Waals surface area contributed by atoms with Crippen LogP contribution in [0.15, 0.2) is 421 Å². The third-order valence-corrected chi connectivity index (χ3v) is 27.3. The van der Waals surface area contributed by atoms with Gasteiger partial charge in [-0.15, -0.1) is 22.7 Å². The lowest BCUT2D eigenvalue weighted by Crippen LogP contribution is -2.28. The Labute approximate surface area is 691 Å². The summed E-state index contributed by atoms with van der Waals surface area (Å²) < 4.78 is 18.3. The predicted molar refractivity (Wildman–Crippen MR) is 499 cm³/mol. The van der Waals surface area contributed by atoms with Crippen LogP contribution >= 0.6 is 22.7 Å². The van der Waals surface area contributed by atoms with E-state index in [1.54, 1.807) is 0 Å². The molecule has 2 aliphatic rings. The van der Waals surface area contributed by atoms with E-state index in [2.05, 4.69) is 412 Å². The molecule has 22 aromatic rings. The lowest BCUT2D eigenvalue weighted by atomic mass is 9.67. The van der Waals surface area contributed by atoms with Crippen LogP contribution in [0, 0.1) is 0 Å². The molecule has 4 aromatic heterocycles. The molecule has 18 aromatic carbocycles. The highest BCUT2D eigenvalue weighted by Crippen LogP contribution is 2.61. The number of fused-ring (bicyclic) bond motifs is 20. The first-order chi connectivity index (χ1) is 58.3. The van der Waals surface area contributed by atoms with Crippen LogP contribution in [-0.2, 0) is 10.8 Å². The molecule has 0 saturated heterocycles. The van der Waals surface area contributed by atoms with Gasteiger partial charge in [-0.2, -0.15) is 0 Å². The van der Waals surface area contributed by atoms with E-state index in [-0.39, 0.29) is 5.41 Å². The molecule has 4 nitrogen and oxygen atoms in total. The van der Waals surface area contributed by atoms with E-state index in [1.807, 2.05) is 46.9 Å². The second-order valence-corrected chi connectivity index (χ2v) is 33.7. The zero-order valence-electron chi connectivity index (χ0n) is 64.8. The third kappa shape index (κ3) is 11.0. The van der Waals surface area contributed by atoms with Gasteiger partial charge in [-0.05, 0) is 175 Å². The van der Waals surface area contributed by atoms with E-state index >= 15 is 0 Å².